The molecule has 0 saturated carbocycles. The molecule has 11 heteroatoms. The van der Waals surface area contributed by atoms with Crippen molar-refractivity contribution in [1.29, 1.82) is 0 Å². The van der Waals surface area contributed by atoms with Gasteiger partial charge >= 0.3 is 12.4 Å². The quantitative estimate of drug-likeness (QED) is 0.572. The fourth-order valence-corrected chi connectivity index (χ4v) is 2.38. The summed E-state index contributed by atoms with van der Waals surface area (Å²) in [5.74, 6) is -0.877. The van der Waals surface area contributed by atoms with Gasteiger partial charge in [0, 0.05) is 11.8 Å². The van der Waals surface area contributed by atoms with Crippen LogP contribution in [0.4, 0.5) is 43.8 Å². The van der Waals surface area contributed by atoms with Crippen molar-refractivity contribution in [2.24, 2.45) is 5.92 Å². The smallest absolute Gasteiger partial charge is 0.394 e. The first-order chi connectivity index (χ1) is 13.3. The molecular weight excluding hydrogens is 402 g/mol. The summed E-state index contributed by atoms with van der Waals surface area (Å²) in [6, 6.07) is 2.87. The standard InChI is InChI=1S/C18H20F6N4O/c1-9(2)13(8-29)26-16-27-14(18(22,23)24)7-15(28-16)25-12-6-11(17(19,20)21)5-4-10(12)3/h4-7,9,13,29H,8H2,1-3H3,(H2,25,26,27,28)/t13-/m0/s1. The summed E-state index contributed by atoms with van der Waals surface area (Å²) in [5, 5.41) is 14.5. The van der Waals surface area contributed by atoms with Gasteiger partial charge in [0.05, 0.1) is 18.2 Å². The lowest BCUT2D eigenvalue weighted by Gasteiger charge is -2.21. The molecule has 2 aromatic rings. The molecule has 1 aromatic carbocycles. The van der Waals surface area contributed by atoms with E-state index in [9.17, 15) is 31.4 Å². The number of nitrogens with zero attached hydrogens (tertiary/aromatic N) is 2. The van der Waals surface area contributed by atoms with Crippen molar-refractivity contribution in [2.45, 2.75) is 39.2 Å². The maximum Gasteiger partial charge on any atom is 0.433 e. The third kappa shape index (κ3) is 5.96. The van der Waals surface area contributed by atoms with Crippen LogP contribution in [0.25, 0.3) is 0 Å². The Kier molecular flexibility index (Phi) is 6.61. The van der Waals surface area contributed by atoms with Gasteiger partial charge in [-0.25, -0.2) is 4.98 Å². The number of hydrogen-bond acceptors (Lipinski definition) is 5. The molecule has 0 unspecified atom stereocenters. The summed E-state index contributed by atoms with van der Waals surface area (Å²) in [6.45, 7) is 4.63. The second-order valence-electron chi connectivity index (χ2n) is 6.79. The van der Waals surface area contributed by atoms with Crippen molar-refractivity contribution >= 4 is 17.5 Å². The van der Waals surface area contributed by atoms with E-state index in [4.69, 9.17) is 0 Å². The predicted molar refractivity (Wildman–Crippen MR) is 95.8 cm³/mol. The van der Waals surface area contributed by atoms with E-state index in [-0.39, 0.29) is 24.0 Å². The summed E-state index contributed by atoms with van der Waals surface area (Å²) in [6.07, 6.45) is -9.41. The highest BCUT2D eigenvalue weighted by atomic mass is 19.4. The zero-order chi connectivity index (χ0) is 22.0. The van der Waals surface area contributed by atoms with Gasteiger partial charge in [-0.1, -0.05) is 19.9 Å². The van der Waals surface area contributed by atoms with Gasteiger partial charge in [-0.3, -0.25) is 0 Å². The third-order valence-electron chi connectivity index (χ3n) is 4.16. The summed E-state index contributed by atoms with van der Waals surface area (Å²) in [7, 11) is 0. The van der Waals surface area contributed by atoms with E-state index >= 15 is 0 Å². The average Bonchev–Trinajstić information content (AvgIpc) is 2.59. The maximum atomic E-state index is 13.2. The van der Waals surface area contributed by atoms with E-state index in [2.05, 4.69) is 20.6 Å². The summed E-state index contributed by atoms with van der Waals surface area (Å²) >= 11 is 0. The maximum absolute atomic E-state index is 13.2. The number of hydrogen-bond donors (Lipinski definition) is 3. The van der Waals surface area contributed by atoms with E-state index in [1.165, 1.54) is 13.0 Å². The molecule has 0 aliphatic rings. The van der Waals surface area contributed by atoms with Gasteiger partial charge in [-0.15, -0.1) is 0 Å². The number of rotatable bonds is 6. The molecule has 3 N–H and O–H groups in total. The Morgan fingerprint density at radius 3 is 2.17 bits per heavy atom. The van der Waals surface area contributed by atoms with Crippen LogP contribution in [0, 0.1) is 12.8 Å². The van der Waals surface area contributed by atoms with Crippen molar-refractivity contribution in [3.05, 3.63) is 41.1 Å². The first-order valence-corrected chi connectivity index (χ1v) is 8.59. The van der Waals surface area contributed by atoms with Crippen molar-refractivity contribution in [1.82, 2.24) is 9.97 Å². The molecule has 1 heterocycles. The van der Waals surface area contributed by atoms with Crippen molar-refractivity contribution in [3.63, 3.8) is 0 Å². The Morgan fingerprint density at radius 1 is 1.00 bits per heavy atom. The van der Waals surface area contributed by atoms with Crippen molar-refractivity contribution < 1.29 is 31.4 Å². The van der Waals surface area contributed by atoms with E-state index in [1.807, 2.05) is 0 Å². The van der Waals surface area contributed by atoms with Gasteiger partial charge in [-0.05, 0) is 30.5 Å². The number of aromatic nitrogens is 2. The second kappa shape index (κ2) is 8.44. The SMILES string of the molecule is Cc1ccc(C(F)(F)F)cc1Nc1cc(C(F)(F)F)nc(N[C@@H](CO)C(C)C)n1. The van der Waals surface area contributed by atoms with Gasteiger partial charge < -0.3 is 15.7 Å². The largest absolute Gasteiger partial charge is 0.433 e. The van der Waals surface area contributed by atoms with Crippen LogP contribution in [-0.4, -0.2) is 27.7 Å². The third-order valence-corrected chi connectivity index (χ3v) is 4.16. The van der Waals surface area contributed by atoms with Crippen molar-refractivity contribution in [2.75, 3.05) is 17.2 Å². The second-order valence-corrected chi connectivity index (χ2v) is 6.79. The minimum Gasteiger partial charge on any atom is -0.394 e. The Balaban J connectivity index is 2.46. The van der Waals surface area contributed by atoms with E-state index < -0.39 is 35.6 Å². The van der Waals surface area contributed by atoms with E-state index in [0.717, 1.165) is 12.1 Å². The summed E-state index contributed by atoms with van der Waals surface area (Å²) < 4.78 is 78.5. The molecule has 0 saturated heterocycles. The van der Waals surface area contributed by atoms with Crippen LogP contribution in [0.3, 0.4) is 0 Å². The van der Waals surface area contributed by atoms with Crippen LogP contribution in [-0.2, 0) is 12.4 Å². The molecule has 1 aromatic heterocycles. The molecule has 0 amide bonds. The number of halogens is 6. The lowest BCUT2D eigenvalue weighted by atomic mass is 10.1. The van der Waals surface area contributed by atoms with E-state index in [1.54, 1.807) is 13.8 Å². The number of aryl methyl sites for hydroxylation is 1. The average molecular weight is 422 g/mol. The van der Waals surface area contributed by atoms with Crippen LogP contribution < -0.4 is 10.6 Å². The lowest BCUT2D eigenvalue weighted by Crippen LogP contribution is -2.30. The van der Waals surface area contributed by atoms with Crippen LogP contribution in [0.15, 0.2) is 24.3 Å². The minimum absolute atomic E-state index is 0.0415. The molecular formula is C18H20F6N4O. The molecule has 29 heavy (non-hydrogen) atoms. The van der Waals surface area contributed by atoms with Gasteiger partial charge in [0.25, 0.3) is 0 Å². The lowest BCUT2D eigenvalue weighted by molar-refractivity contribution is -0.141. The number of alkyl halides is 6. The van der Waals surface area contributed by atoms with Gasteiger partial charge in [0.15, 0.2) is 5.69 Å². The molecule has 0 radical (unpaired) electrons. The molecule has 2 rings (SSSR count). The highest BCUT2D eigenvalue weighted by Crippen LogP contribution is 2.34. The fourth-order valence-electron chi connectivity index (χ4n) is 2.38. The number of aliphatic hydroxyl groups is 1. The first-order valence-electron chi connectivity index (χ1n) is 8.59. The van der Waals surface area contributed by atoms with Crippen LogP contribution in [0.5, 0.6) is 0 Å². The first kappa shape index (κ1) is 22.7. The molecule has 160 valence electrons. The van der Waals surface area contributed by atoms with Gasteiger partial charge in [0.2, 0.25) is 5.95 Å². The molecule has 0 spiro atoms. The molecule has 0 bridgehead atoms. The number of benzene rings is 1. The summed E-state index contributed by atoms with van der Waals surface area (Å²) in [5.41, 5.74) is -1.88. The Bertz CT molecular complexity index is 851. The van der Waals surface area contributed by atoms with Gasteiger partial charge in [-0.2, -0.15) is 31.3 Å². The van der Waals surface area contributed by atoms with Crippen LogP contribution in [0.2, 0.25) is 0 Å². The topological polar surface area (TPSA) is 70.1 Å². The number of anilines is 3. The molecule has 1 atom stereocenters. The van der Waals surface area contributed by atoms with Crippen molar-refractivity contribution in [3.8, 4) is 0 Å². The zero-order valence-corrected chi connectivity index (χ0v) is 15.8. The Hall–Kier alpha value is -2.56. The summed E-state index contributed by atoms with van der Waals surface area (Å²) in [4.78, 5) is 7.34. The van der Waals surface area contributed by atoms with E-state index in [0.29, 0.717) is 11.6 Å². The minimum atomic E-state index is -4.80. The number of nitrogens with one attached hydrogen (secondary N) is 2. The van der Waals surface area contributed by atoms with Crippen LogP contribution in [0.1, 0.15) is 30.7 Å². The molecule has 0 fully saturated rings. The normalized spacial score (nSPS) is 13.5. The highest BCUT2D eigenvalue weighted by Gasteiger charge is 2.34. The highest BCUT2D eigenvalue weighted by molar-refractivity contribution is 5.62. The molecule has 0 aliphatic heterocycles. The molecule has 0 aliphatic carbocycles. The van der Waals surface area contributed by atoms with Gasteiger partial charge in [0.1, 0.15) is 5.82 Å². The fraction of sp³-hybridized carbons (Fsp3) is 0.444. The Morgan fingerprint density at radius 2 is 1.66 bits per heavy atom. The predicted octanol–water partition coefficient (Wildman–Crippen LogP) is 5.00. The zero-order valence-electron chi connectivity index (χ0n) is 15.8. The molecule has 5 nitrogen and oxygen atoms in total. The number of aliphatic hydroxyl groups excluding tert-OH is 1. The Labute approximate surface area is 163 Å². The monoisotopic (exact) mass is 422 g/mol. The van der Waals surface area contributed by atoms with Crippen LogP contribution >= 0.6 is 0 Å².